The quantitative estimate of drug-likeness (QED) is 0.741. The van der Waals surface area contributed by atoms with Crippen LogP contribution in [0.1, 0.15) is 24.8 Å². The van der Waals surface area contributed by atoms with Crippen molar-refractivity contribution in [2.24, 2.45) is 0 Å². The zero-order valence-corrected chi connectivity index (χ0v) is 16.5. The summed E-state index contributed by atoms with van der Waals surface area (Å²) in [5, 5.41) is 9.24. The van der Waals surface area contributed by atoms with Gasteiger partial charge in [0.15, 0.2) is 21.4 Å². The van der Waals surface area contributed by atoms with Gasteiger partial charge in [-0.2, -0.15) is 0 Å². The van der Waals surface area contributed by atoms with E-state index in [1.807, 2.05) is 4.90 Å². The number of aliphatic hydroxyl groups is 1. The Bertz CT molecular complexity index is 1070. The molecule has 1 saturated heterocycles. The fraction of sp³-hybridized carbons (Fsp3) is 0.429. The zero-order chi connectivity index (χ0) is 20.6. The molecule has 5 nitrogen and oxygen atoms in total. The number of hydrogen-bond donors (Lipinski definition) is 1. The number of sulfone groups is 1. The zero-order valence-electron chi connectivity index (χ0n) is 15.7. The molecule has 0 amide bonds. The second kappa shape index (κ2) is 7.56. The third-order valence-corrected chi connectivity index (χ3v) is 8.38. The van der Waals surface area contributed by atoms with Crippen molar-refractivity contribution in [3.8, 4) is 5.75 Å². The molecule has 8 heteroatoms. The number of aliphatic hydroxyl groups excluding tert-OH is 1. The van der Waals surface area contributed by atoms with E-state index in [0.29, 0.717) is 25.9 Å². The number of hydrogen-bond acceptors (Lipinski definition) is 5. The minimum Gasteiger partial charge on any atom is -0.488 e. The van der Waals surface area contributed by atoms with Crippen LogP contribution in [0.25, 0.3) is 0 Å². The van der Waals surface area contributed by atoms with Crippen LogP contribution < -0.4 is 4.74 Å². The van der Waals surface area contributed by atoms with Crippen molar-refractivity contribution in [3.05, 3.63) is 63.9 Å². The summed E-state index contributed by atoms with van der Waals surface area (Å²) >= 11 is 0. The summed E-state index contributed by atoms with van der Waals surface area (Å²) in [6, 6.07) is 1.20. The SMILES string of the molecule is O=S(=O)(C1=CC=C=C=C1)[C@@]12CCCN(CCCO)[C@@H]1COc1c(F)ccc(F)c12. The first-order valence-corrected chi connectivity index (χ1v) is 11.0. The number of piperidine rings is 1. The molecule has 2 atom stereocenters. The molecule has 1 aliphatic carbocycles. The Morgan fingerprint density at radius 2 is 2.07 bits per heavy atom. The molecule has 2 aliphatic heterocycles. The predicted molar refractivity (Wildman–Crippen MR) is 103 cm³/mol. The van der Waals surface area contributed by atoms with E-state index in [4.69, 9.17) is 4.74 Å². The van der Waals surface area contributed by atoms with Gasteiger partial charge in [-0.1, -0.05) is 11.5 Å². The normalized spacial score (nSPS) is 25.9. The first kappa shape index (κ1) is 20.1. The van der Waals surface area contributed by atoms with Crippen molar-refractivity contribution in [3.63, 3.8) is 0 Å². The molecule has 0 radical (unpaired) electrons. The molecule has 1 aromatic rings. The van der Waals surface area contributed by atoms with E-state index >= 15 is 4.39 Å². The van der Waals surface area contributed by atoms with Gasteiger partial charge in [-0.05, 0) is 50.1 Å². The average molecular weight is 421 g/mol. The number of rotatable bonds is 5. The number of likely N-dealkylation sites (tertiary alicyclic amines) is 1. The minimum absolute atomic E-state index is 0.0123. The van der Waals surface area contributed by atoms with Gasteiger partial charge in [-0.15, -0.1) is 0 Å². The van der Waals surface area contributed by atoms with Gasteiger partial charge >= 0.3 is 0 Å². The van der Waals surface area contributed by atoms with Crippen molar-refractivity contribution >= 4 is 9.84 Å². The first-order chi connectivity index (χ1) is 13.9. The number of ether oxygens (including phenoxy) is 1. The van der Waals surface area contributed by atoms with Gasteiger partial charge in [0, 0.05) is 19.2 Å². The Kier molecular flexibility index (Phi) is 5.23. The topological polar surface area (TPSA) is 66.8 Å². The third-order valence-electron chi connectivity index (χ3n) is 5.86. The summed E-state index contributed by atoms with van der Waals surface area (Å²) in [6.07, 6.45) is 5.22. The molecule has 0 saturated carbocycles. The van der Waals surface area contributed by atoms with Crippen LogP contribution in [0, 0.1) is 11.6 Å². The molecule has 3 aliphatic rings. The maximum Gasteiger partial charge on any atom is 0.190 e. The molecule has 4 rings (SSSR count). The average Bonchev–Trinajstić information content (AvgIpc) is 2.74. The summed E-state index contributed by atoms with van der Waals surface area (Å²) in [4.78, 5) is 1.89. The summed E-state index contributed by atoms with van der Waals surface area (Å²) in [6.45, 7) is 0.891. The molecular formula is C21H21F2NO4S. The Labute approximate surface area is 168 Å². The van der Waals surface area contributed by atoms with Crippen molar-refractivity contribution in [2.45, 2.75) is 30.1 Å². The molecule has 2 heterocycles. The van der Waals surface area contributed by atoms with Crippen LogP contribution in [-0.2, 0) is 14.6 Å². The van der Waals surface area contributed by atoms with Gasteiger partial charge in [0.1, 0.15) is 17.2 Å². The van der Waals surface area contributed by atoms with Crippen molar-refractivity contribution in [1.82, 2.24) is 4.90 Å². The number of benzene rings is 1. The Hall–Kier alpha value is -2.21. The molecular weight excluding hydrogens is 400 g/mol. The van der Waals surface area contributed by atoms with E-state index in [2.05, 4.69) is 11.5 Å². The molecule has 0 unspecified atom stereocenters. The molecule has 1 aromatic carbocycles. The Morgan fingerprint density at radius 1 is 1.28 bits per heavy atom. The first-order valence-electron chi connectivity index (χ1n) is 9.52. The molecule has 29 heavy (non-hydrogen) atoms. The van der Waals surface area contributed by atoms with Gasteiger partial charge in [0.05, 0.1) is 16.5 Å². The maximum atomic E-state index is 15.1. The van der Waals surface area contributed by atoms with Crippen LogP contribution in [0.15, 0.2) is 46.7 Å². The number of fused-ring (bicyclic) bond motifs is 3. The van der Waals surface area contributed by atoms with Gasteiger partial charge in [-0.25, -0.2) is 17.2 Å². The van der Waals surface area contributed by atoms with E-state index in [-0.39, 0.29) is 35.9 Å². The van der Waals surface area contributed by atoms with Crippen molar-refractivity contribution in [2.75, 3.05) is 26.3 Å². The van der Waals surface area contributed by atoms with Gasteiger partial charge in [0.25, 0.3) is 0 Å². The Balaban J connectivity index is 1.97. The molecule has 0 spiro atoms. The second-order valence-corrected chi connectivity index (χ2v) is 9.55. The van der Waals surface area contributed by atoms with Crippen LogP contribution in [0.5, 0.6) is 5.75 Å². The minimum atomic E-state index is -4.14. The molecule has 0 aromatic heterocycles. The highest BCUT2D eigenvalue weighted by molar-refractivity contribution is 7.96. The lowest BCUT2D eigenvalue weighted by atomic mass is 9.80. The summed E-state index contributed by atoms with van der Waals surface area (Å²) in [5.74, 6) is -1.92. The van der Waals surface area contributed by atoms with Crippen molar-refractivity contribution < 1.29 is 27.0 Å². The summed E-state index contributed by atoms with van der Waals surface area (Å²) in [5.41, 5.74) is 5.07. The third kappa shape index (κ3) is 3.00. The van der Waals surface area contributed by atoms with Crippen LogP contribution >= 0.6 is 0 Å². The molecule has 1 fully saturated rings. The number of nitrogens with zero attached hydrogens (tertiary/aromatic N) is 1. The van der Waals surface area contributed by atoms with Crippen LogP contribution in [-0.4, -0.2) is 50.8 Å². The van der Waals surface area contributed by atoms with E-state index in [9.17, 15) is 17.9 Å². The van der Waals surface area contributed by atoms with E-state index in [1.54, 1.807) is 0 Å². The fourth-order valence-electron chi connectivity index (χ4n) is 4.62. The summed E-state index contributed by atoms with van der Waals surface area (Å²) in [7, 11) is -4.14. The van der Waals surface area contributed by atoms with Crippen molar-refractivity contribution in [1.29, 1.82) is 0 Å². The molecule has 0 bridgehead atoms. The van der Waals surface area contributed by atoms with E-state index in [1.165, 1.54) is 18.2 Å². The van der Waals surface area contributed by atoms with Gasteiger partial charge in [-0.3, -0.25) is 4.90 Å². The van der Waals surface area contributed by atoms with Gasteiger partial charge in [0.2, 0.25) is 0 Å². The fourth-order valence-corrected chi connectivity index (χ4v) is 6.95. The predicted octanol–water partition coefficient (Wildman–Crippen LogP) is 2.58. The monoisotopic (exact) mass is 421 g/mol. The van der Waals surface area contributed by atoms with E-state index < -0.39 is 32.3 Å². The Morgan fingerprint density at radius 3 is 2.79 bits per heavy atom. The lowest BCUT2D eigenvalue weighted by Crippen LogP contribution is -2.63. The molecule has 1 N–H and O–H groups in total. The van der Waals surface area contributed by atoms with E-state index in [0.717, 1.165) is 12.1 Å². The van der Waals surface area contributed by atoms with Crippen LogP contribution in [0.3, 0.4) is 0 Å². The lowest BCUT2D eigenvalue weighted by molar-refractivity contribution is 0.0404. The highest BCUT2D eigenvalue weighted by atomic mass is 32.2. The largest absolute Gasteiger partial charge is 0.488 e. The smallest absolute Gasteiger partial charge is 0.190 e. The lowest BCUT2D eigenvalue weighted by Gasteiger charge is -2.52. The maximum absolute atomic E-state index is 15.1. The molecule has 154 valence electrons. The van der Waals surface area contributed by atoms with Crippen LogP contribution in [0.2, 0.25) is 0 Å². The second-order valence-electron chi connectivity index (χ2n) is 7.34. The standard InChI is InChI=1S/C21H21F2NO4S/c22-16-8-9-17(23)20-19(16)21(29(26,27)15-6-2-1-3-7-15)10-4-11-24(12-5-13-25)18(21)14-28-20/h2,6-9,18,25H,4-5,10-14H2/t18-,21+/m1/s1. The number of halogens is 2. The van der Waals surface area contributed by atoms with Gasteiger partial charge < -0.3 is 9.84 Å². The summed E-state index contributed by atoms with van der Waals surface area (Å²) < 4.78 is 61.4. The highest BCUT2D eigenvalue weighted by Gasteiger charge is 2.60. The highest BCUT2D eigenvalue weighted by Crippen LogP contribution is 2.53. The number of allylic oxidation sites excluding steroid dienone is 3. The van der Waals surface area contributed by atoms with Crippen LogP contribution in [0.4, 0.5) is 8.78 Å².